The van der Waals surface area contributed by atoms with E-state index in [-0.39, 0.29) is 10.0 Å². The average Bonchev–Trinajstić information content (AvgIpc) is 3.47. The summed E-state index contributed by atoms with van der Waals surface area (Å²) in [7, 11) is 0. The van der Waals surface area contributed by atoms with Crippen LogP contribution in [0.3, 0.4) is 0 Å². The lowest BCUT2D eigenvalue weighted by Gasteiger charge is -2.14. The zero-order valence-corrected chi connectivity index (χ0v) is 17.5. The largest absolute Gasteiger partial charge is 0.317 e. The van der Waals surface area contributed by atoms with E-state index < -0.39 is 16.7 Å². The SMILES string of the molecule is O=C(NN1C(=O)/C(=C/c2cccn2-c2cccc([N+](=O)[O-])c2)SC1=S)c1cccs1. The predicted molar refractivity (Wildman–Crippen MR) is 119 cm³/mol. The van der Waals surface area contributed by atoms with Crippen molar-refractivity contribution in [3.63, 3.8) is 0 Å². The van der Waals surface area contributed by atoms with E-state index in [2.05, 4.69) is 5.43 Å². The molecule has 0 radical (unpaired) electrons. The molecule has 8 nitrogen and oxygen atoms in total. The fourth-order valence-corrected chi connectivity index (χ4v) is 4.54. The number of hydrogen-bond acceptors (Lipinski definition) is 7. The number of nitrogens with zero attached hydrogens (tertiary/aromatic N) is 3. The van der Waals surface area contributed by atoms with Gasteiger partial charge in [-0.1, -0.05) is 23.9 Å². The van der Waals surface area contributed by atoms with Gasteiger partial charge >= 0.3 is 0 Å². The quantitative estimate of drug-likeness (QED) is 0.270. The average molecular weight is 457 g/mol. The number of thioether (sulfide) groups is 1. The number of amides is 2. The molecule has 0 bridgehead atoms. The molecule has 150 valence electrons. The van der Waals surface area contributed by atoms with Crippen LogP contribution in [0.2, 0.25) is 0 Å². The monoisotopic (exact) mass is 456 g/mol. The Bertz CT molecular complexity index is 1200. The molecule has 1 fully saturated rings. The molecule has 3 heterocycles. The number of nitro groups is 1. The van der Waals surface area contributed by atoms with E-state index in [9.17, 15) is 19.7 Å². The molecule has 0 saturated carbocycles. The Morgan fingerprint density at radius 3 is 2.77 bits per heavy atom. The topological polar surface area (TPSA) is 97.5 Å². The van der Waals surface area contributed by atoms with E-state index in [1.165, 1.54) is 23.5 Å². The number of nitro benzene ring substituents is 1. The molecule has 1 aliphatic rings. The van der Waals surface area contributed by atoms with Crippen LogP contribution in [0.1, 0.15) is 15.4 Å². The van der Waals surface area contributed by atoms with Crippen LogP contribution >= 0.6 is 35.3 Å². The van der Waals surface area contributed by atoms with Gasteiger partial charge in [0.1, 0.15) is 0 Å². The molecule has 11 heteroatoms. The van der Waals surface area contributed by atoms with Gasteiger partial charge in [-0.2, -0.15) is 5.01 Å². The maximum Gasteiger partial charge on any atom is 0.285 e. The lowest BCUT2D eigenvalue weighted by molar-refractivity contribution is -0.384. The summed E-state index contributed by atoms with van der Waals surface area (Å²) >= 11 is 7.57. The fourth-order valence-electron chi connectivity index (χ4n) is 2.77. The zero-order valence-electron chi connectivity index (χ0n) is 15.1. The maximum absolute atomic E-state index is 12.8. The number of rotatable bonds is 5. The van der Waals surface area contributed by atoms with Gasteiger partial charge in [0, 0.05) is 24.0 Å². The number of non-ortho nitro benzene ring substituents is 1. The Kier molecular flexibility index (Phi) is 5.48. The van der Waals surface area contributed by atoms with Gasteiger partial charge in [-0.15, -0.1) is 11.3 Å². The van der Waals surface area contributed by atoms with Gasteiger partial charge in [-0.05, 0) is 47.9 Å². The van der Waals surface area contributed by atoms with Crippen LogP contribution in [0.5, 0.6) is 0 Å². The minimum absolute atomic E-state index is 0.0326. The minimum Gasteiger partial charge on any atom is -0.317 e. The Labute approximate surface area is 183 Å². The predicted octanol–water partition coefficient (Wildman–Crippen LogP) is 3.99. The summed E-state index contributed by atoms with van der Waals surface area (Å²) < 4.78 is 1.94. The number of carbonyl (C=O) groups excluding carboxylic acids is 2. The number of carbonyl (C=O) groups is 2. The molecule has 2 aromatic heterocycles. The van der Waals surface area contributed by atoms with Crippen molar-refractivity contribution in [2.75, 3.05) is 0 Å². The van der Waals surface area contributed by atoms with Gasteiger partial charge < -0.3 is 4.57 Å². The molecule has 1 saturated heterocycles. The first kappa shape index (κ1) is 20.0. The Morgan fingerprint density at radius 2 is 2.03 bits per heavy atom. The van der Waals surface area contributed by atoms with Crippen molar-refractivity contribution < 1.29 is 14.5 Å². The molecular formula is C19H12N4O4S3. The van der Waals surface area contributed by atoms with Crippen LogP contribution in [0.4, 0.5) is 5.69 Å². The highest BCUT2D eigenvalue weighted by molar-refractivity contribution is 8.26. The molecule has 1 aromatic carbocycles. The number of benzene rings is 1. The third kappa shape index (κ3) is 3.90. The first-order valence-electron chi connectivity index (χ1n) is 8.48. The van der Waals surface area contributed by atoms with Crippen molar-refractivity contribution in [1.82, 2.24) is 15.0 Å². The molecule has 0 atom stereocenters. The molecular weight excluding hydrogens is 444 g/mol. The third-order valence-corrected chi connectivity index (χ3v) is 6.30. The summed E-state index contributed by atoms with van der Waals surface area (Å²) in [5.74, 6) is -0.857. The van der Waals surface area contributed by atoms with E-state index in [1.54, 1.807) is 58.6 Å². The summed E-state index contributed by atoms with van der Waals surface area (Å²) in [6, 6.07) is 13.1. The van der Waals surface area contributed by atoms with Crippen LogP contribution in [0.25, 0.3) is 11.8 Å². The van der Waals surface area contributed by atoms with E-state index in [1.807, 2.05) is 0 Å². The number of nitrogens with one attached hydrogen (secondary N) is 1. The van der Waals surface area contributed by atoms with E-state index in [4.69, 9.17) is 12.2 Å². The second kappa shape index (κ2) is 8.22. The van der Waals surface area contributed by atoms with E-state index in [0.29, 0.717) is 21.2 Å². The van der Waals surface area contributed by atoms with Crippen molar-refractivity contribution in [2.45, 2.75) is 0 Å². The highest BCUT2D eigenvalue weighted by Crippen LogP contribution is 2.32. The highest BCUT2D eigenvalue weighted by atomic mass is 32.2. The number of hydrazine groups is 1. The van der Waals surface area contributed by atoms with Gasteiger partial charge in [-0.25, -0.2) is 0 Å². The van der Waals surface area contributed by atoms with Crippen molar-refractivity contribution in [3.8, 4) is 5.69 Å². The summed E-state index contributed by atoms with van der Waals surface area (Å²) in [6.45, 7) is 0. The second-order valence-corrected chi connectivity index (χ2v) is 8.64. The number of hydrogen-bond donors (Lipinski definition) is 1. The van der Waals surface area contributed by atoms with Crippen molar-refractivity contribution >= 4 is 63.2 Å². The molecule has 4 rings (SSSR count). The Balaban J connectivity index is 1.59. The minimum atomic E-state index is -0.464. The number of aromatic nitrogens is 1. The fraction of sp³-hybridized carbons (Fsp3) is 0. The van der Waals surface area contributed by atoms with E-state index in [0.717, 1.165) is 16.8 Å². The summed E-state index contributed by atoms with van der Waals surface area (Å²) in [5, 5.41) is 13.9. The van der Waals surface area contributed by atoms with Crippen LogP contribution in [-0.4, -0.2) is 30.6 Å². The van der Waals surface area contributed by atoms with E-state index >= 15 is 0 Å². The highest BCUT2D eigenvalue weighted by Gasteiger charge is 2.34. The lowest BCUT2D eigenvalue weighted by atomic mass is 10.2. The lowest BCUT2D eigenvalue weighted by Crippen LogP contribution is -2.44. The van der Waals surface area contributed by atoms with Gasteiger partial charge in [0.15, 0.2) is 4.32 Å². The number of thiocarbonyl (C=S) groups is 1. The summed E-state index contributed by atoms with van der Waals surface area (Å²) in [5.41, 5.74) is 3.72. The molecule has 30 heavy (non-hydrogen) atoms. The standard InChI is InChI=1S/C19H12N4O4S3/c24-17(15-7-3-9-29-15)20-22-18(25)16(30-19(22)28)11-13-6-2-8-21(13)12-4-1-5-14(10-12)23(26)27/h1-11H,(H,20,24)/b16-11-. The second-order valence-electron chi connectivity index (χ2n) is 6.02. The molecule has 1 N–H and O–H groups in total. The molecule has 0 spiro atoms. The van der Waals surface area contributed by atoms with Crippen LogP contribution < -0.4 is 5.43 Å². The van der Waals surface area contributed by atoms with Gasteiger partial charge in [0.2, 0.25) is 0 Å². The maximum atomic E-state index is 12.8. The van der Waals surface area contributed by atoms with Crippen molar-refractivity contribution in [2.24, 2.45) is 0 Å². The van der Waals surface area contributed by atoms with Crippen LogP contribution in [0, 0.1) is 10.1 Å². The first-order chi connectivity index (χ1) is 14.4. The van der Waals surface area contributed by atoms with Crippen LogP contribution in [0.15, 0.2) is 65.0 Å². The molecule has 1 aliphatic heterocycles. The van der Waals surface area contributed by atoms with Gasteiger partial charge in [0.05, 0.1) is 20.4 Å². The molecule has 3 aromatic rings. The Morgan fingerprint density at radius 1 is 1.20 bits per heavy atom. The van der Waals surface area contributed by atoms with Gasteiger partial charge in [0.25, 0.3) is 17.5 Å². The molecule has 0 aliphatic carbocycles. The van der Waals surface area contributed by atoms with Gasteiger partial charge in [-0.3, -0.25) is 25.1 Å². The zero-order chi connectivity index (χ0) is 21.3. The van der Waals surface area contributed by atoms with Crippen molar-refractivity contribution in [1.29, 1.82) is 0 Å². The smallest absolute Gasteiger partial charge is 0.285 e. The van der Waals surface area contributed by atoms with Crippen LogP contribution in [-0.2, 0) is 4.79 Å². The normalized spacial score (nSPS) is 15.1. The summed E-state index contributed by atoms with van der Waals surface area (Å²) in [6.07, 6.45) is 3.37. The third-order valence-electron chi connectivity index (χ3n) is 4.13. The molecule has 2 amide bonds. The Hall–Kier alpha value is -3.28. The summed E-state index contributed by atoms with van der Waals surface area (Å²) in [4.78, 5) is 36.4. The molecule has 0 unspecified atom stereocenters. The number of thiophene rings is 1. The first-order valence-corrected chi connectivity index (χ1v) is 10.6. The van der Waals surface area contributed by atoms with Crippen molar-refractivity contribution in [3.05, 3.63) is 85.7 Å².